The van der Waals surface area contributed by atoms with Crippen LogP contribution in [0.25, 0.3) is 10.9 Å². The van der Waals surface area contributed by atoms with Crippen LogP contribution in [0.4, 0.5) is 4.79 Å². The molecule has 0 radical (unpaired) electrons. The highest BCUT2D eigenvalue weighted by Gasteiger charge is 2.26. The number of hydrogen-bond acceptors (Lipinski definition) is 2. The van der Waals surface area contributed by atoms with Gasteiger partial charge >= 0.3 is 6.09 Å². The summed E-state index contributed by atoms with van der Waals surface area (Å²) in [5.41, 5.74) is 2.59. The lowest BCUT2D eigenvalue weighted by Crippen LogP contribution is -2.38. The standard InChI is InChI=1S/C32H48N2O2/c1-2-3-4-5-6-7-8-9-10-11-12-13-14-15-16-19-26-36-32(35)34-24-22-28(23-25-34)30-27-33-31-21-18-17-20-29(30)31/h6-7,9-10,17-18,20-21,27-28,33H,2-5,8,11-16,19,22-26H2,1H3/b7-6-,10-9-. The van der Waals surface area contributed by atoms with Crippen LogP contribution in [0.2, 0.25) is 0 Å². The summed E-state index contributed by atoms with van der Waals surface area (Å²) in [7, 11) is 0. The van der Waals surface area contributed by atoms with E-state index in [1.165, 1.54) is 74.3 Å². The first-order valence-electron chi connectivity index (χ1n) is 14.6. The second kappa shape index (κ2) is 17.1. The Balaban J connectivity index is 1.14. The molecular weight excluding hydrogens is 444 g/mol. The van der Waals surface area contributed by atoms with Crippen molar-refractivity contribution in [3.05, 3.63) is 60.3 Å². The predicted octanol–water partition coefficient (Wildman–Crippen LogP) is 9.30. The van der Waals surface area contributed by atoms with Crippen molar-refractivity contribution < 1.29 is 9.53 Å². The molecule has 1 aromatic heterocycles. The molecule has 1 saturated heterocycles. The van der Waals surface area contributed by atoms with Crippen molar-refractivity contribution in [1.29, 1.82) is 0 Å². The highest BCUT2D eigenvalue weighted by Crippen LogP contribution is 2.33. The first-order valence-corrected chi connectivity index (χ1v) is 14.6. The molecule has 4 heteroatoms. The SMILES string of the molecule is CCCCC/C=C\C/C=C\CCCCCCCCOC(=O)N1CCC(c2c[nH]c3ccccc23)CC1. The fourth-order valence-electron chi connectivity index (χ4n) is 5.15. The fourth-order valence-corrected chi connectivity index (χ4v) is 5.15. The number of rotatable bonds is 16. The van der Waals surface area contributed by atoms with E-state index in [1.807, 2.05) is 4.90 Å². The molecule has 2 heterocycles. The number of nitrogens with one attached hydrogen (secondary N) is 1. The zero-order chi connectivity index (χ0) is 25.3. The third-order valence-electron chi connectivity index (χ3n) is 7.38. The Kier molecular flexibility index (Phi) is 13.3. The van der Waals surface area contributed by atoms with Gasteiger partial charge in [0.25, 0.3) is 0 Å². The van der Waals surface area contributed by atoms with E-state index in [-0.39, 0.29) is 6.09 Å². The van der Waals surface area contributed by atoms with Crippen LogP contribution in [-0.4, -0.2) is 35.7 Å². The van der Waals surface area contributed by atoms with Gasteiger partial charge in [0, 0.05) is 30.2 Å². The average Bonchev–Trinajstić information content (AvgIpc) is 3.34. The maximum absolute atomic E-state index is 12.5. The number of nitrogens with zero attached hydrogens (tertiary/aromatic N) is 1. The molecule has 0 spiro atoms. The van der Waals surface area contributed by atoms with E-state index >= 15 is 0 Å². The summed E-state index contributed by atoms with van der Waals surface area (Å²) in [5.74, 6) is 0.512. The minimum atomic E-state index is -0.130. The summed E-state index contributed by atoms with van der Waals surface area (Å²) in [6, 6.07) is 8.48. The number of amides is 1. The Morgan fingerprint density at radius 2 is 1.58 bits per heavy atom. The van der Waals surface area contributed by atoms with Crippen molar-refractivity contribution in [3.63, 3.8) is 0 Å². The van der Waals surface area contributed by atoms with Crippen LogP contribution in [-0.2, 0) is 4.74 Å². The van der Waals surface area contributed by atoms with Crippen LogP contribution < -0.4 is 0 Å². The number of fused-ring (bicyclic) bond motifs is 1. The smallest absolute Gasteiger partial charge is 0.409 e. The van der Waals surface area contributed by atoms with Gasteiger partial charge in [0.2, 0.25) is 0 Å². The van der Waals surface area contributed by atoms with Crippen molar-refractivity contribution in [2.75, 3.05) is 19.7 Å². The highest BCUT2D eigenvalue weighted by atomic mass is 16.6. The number of carbonyl (C=O) groups excluding carboxylic acids is 1. The minimum Gasteiger partial charge on any atom is -0.449 e. The normalized spacial score (nSPS) is 15.0. The van der Waals surface area contributed by atoms with E-state index in [0.717, 1.165) is 45.2 Å². The molecule has 0 bridgehead atoms. The zero-order valence-corrected chi connectivity index (χ0v) is 22.6. The Hall–Kier alpha value is -2.49. The van der Waals surface area contributed by atoms with Gasteiger partial charge in [0.15, 0.2) is 0 Å². The van der Waals surface area contributed by atoms with Crippen molar-refractivity contribution in [3.8, 4) is 0 Å². The third kappa shape index (κ3) is 9.87. The minimum absolute atomic E-state index is 0.130. The number of para-hydroxylation sites is 1. The van der Waals surface area contributed by atoms with E-state index in [0.29, 0.717) is 12.5 Å². The third-order valence-corrected chi connectivity index (χ3v) is 7.38. The second-order valence-electron chi connectivity index (χ2n) is 10.2. The number of ether oxygens (including phenoxy) is 1. The maximum Gasteiger partial charge on any atom is 0.409 e. The summed E-state index contributed by atoms with van der Waals surface area (Å²) >= 11 is 0. The summed E-state index contributed by atoms with van der Waals surface area (Å²) < 4.78 is 5.56. The molecule has 0 unspecified atom stereocenters. The molecule has 0 aliphatic carbocycles. The van der Waals surface area contributed by atoms with Gasteiger partial charge in [-0.05, 0) is 68.9 Å². The summed E-state index contributed by atoms with van der Waals surface area (Å²) in [5, 5.41) is 1.32. The molecule has 3 rings (SSSR count). The van der Waals surface area contributed by atoms with E-state index in [1.54, 1.807) is 0 Å². The van der Waals surface area contributed by atoms with Gasteiger partial charge in [-0.25, -0.2) is 4.79 Å². The molecule has 2 aromatic rings. The Morgan fingerprint density at radius 1 is 0.917 bits per heavy atom. The lowest BCUT2D eigenvalue weighted by Gasteiger charge is -2.31. The Bertz CT molecular complexity index is 921. The molecule has 198 valence electrons. The molecule has 0 saturated carbocycles. The van der Waals surface area contributed by atoms with Gasteiger partial charge in [-0.15, -0.1) is 0 Å². The number of aromatic nitrogens is 1. The van der Waals surface area contributed by atoms with Crippen LogP contribution in [0.5, 0.6) is 0 Å². The fraction of sp³-hybridized carbons (Fsp3) is 0.594. The number of aromatic amines is 1. The van der Waals surface area contributed by atoms with Gasteiger partial charge < -0.3 is 14.6 Å². The molecule has 1 N–H and O–H groups in total. The number of piperidine rings is 1. The van der Waals surface area contributed by atoms with Crippen molar-refractivity contribution >= 4 is 17.0 Å². The number of likely N-dealkylation sites (tertiary alicyclic amines) is 1. The molecule has 1 amide bonds. The molecular formula is C32H48N2O2. The first-order chi connectivity index (χ1) is 17.8. The van der Waals surface area contributed by atoms with Gasteiger partial charge in [-0.2, -0.15) is 0 Å². The van der Waals surface area contributed by atoms with Gasteiger partial charge in [-0.1, -0.05) is 88.0 Å². The van der Waals surface area contributed by atoms with Crippen molar-refractivity contribution in [2.24, 2.45) is 0 Å². The van der Waals surface area contributed by atoms with Crippen LogP contribution in [0, 0.1) is 0 Å². The summed E-state index contributed by atoms with van der Waals surface area (Å²) in [6.07, 6.45) is 28.0. The molecule has 0 atom stereocenters. The monoisotopic (exact) mass is 492 g/mol. The van der Waals surface area contributed by atoms with Crippen LogP contribution >= 0.6 is 0 Å². The number of unbranched alkanes of at least 4 members (excludes halogenated alkanes) is 9. The number of benzene rings is 1. The maximum atomic E-state index is 12.5. The van der Waals surface area contributed by atoms with E-state index < -0.39 is 0 Å². The number of H-pyrrole nitrogens is 1. The number of allylic oxidation sites excluding steroid dienone is 4. The predicted molar refractivity (Wildman–Crippen MR) is 153 cm³/mol. The van der Waals surface area contributed by atoms with Crippen molar-refractivity contribution in [1.82, 2.24) is 9.88 Å². The van der Waals surface area contributed by atoms with Gasteiger partial charge in [0.1, 0.15) is 0 Å². The average molecular weight is 493 g/mol. The molecule has 1 aromatic carbocycles. The molecule has 36 heavy (non-hydrogen) atoms. The molecule has 1 aliphatic heterocycles. The van der Waals surface area contributed by atoms with Crippen molar-refractivity contribution in [2.45, 2.75) is 103 Å². The largest absolute Gasteiger partial charge is 0.449 e. The lowest BCUT2D eigenvalue weighted by molar-refractivity contribution is 0.0912. The quantitative estimate of drug-likeness (QED) is 0.187. The Labute approximate surface area is 219 Å². The van der Waals surface area contributed by atoms with Crippen LogP contribution in [0.15, 0.2) is 54.8 Å². The lowest BCUT2D eigenvalue weighted by atomic mass is 9.89. The molecule has 1 fully saturated rings. The van der Waals surface area contributed by atoms with E-state index in [4.69, 9.17) is 4.74 Å². The molecule has 1 aliphatic rings. The highest BCUT2D eigenvalue weighted by molar-refractivity contribution is 5.83. The van der Waals surface area contributed by atoms with Crippen LogP contribution in [0.3, 0.4) is 0 Å². The van der Waals surface area contributed by atoms with E-state index in [2.05, 4.69) is 66.7 Å². The van der Waals surface area contributed by atoms with Crippen LogP contribution in [0.1, 0.15) is 108 Å². The zero-order valence-electron chi connectivity index (χ0n) is 22.6. The molecule has 4 nitrogen and oxygen atoms in total. The summed E-state index contributed by atoms with van der Waals surface area (Å²) in [6.45, 7) is 4.37. The Morgan fingerprint density at radius 3 is 2.33 bits per heavy atom. The number of carbonyl (C=O) groups is 1. The number of hydrogen-bond donors (Lipinski definition) is 1. The topological polar surface area (TPSA) is 45.3 Å². The van der Waals surface area contributed by atoms with Gasteiger partial charge in [0.05, 0.1) is 6.61 Å². The van der Waals surface area contributed by atoms with Gasteiger partial charge in [-0.3, -0.25) is 0 Å². The van der Waals surface area contributed by atoms with E-state index in [9.17, 15) is 4.79 Å². The second-order valence-corrected chi connectivity index (χ2v) is 10.2. The first kappa shape index (κ1) is 28.1. The summed E-state index contributed by atoms with van der Waals surface area (Å²) in [4.78, 5) is 17.7.